The number of halogens is 3. The molecule has 0 saturated heterocycles. The number of para-hydroxylation sites is 3. The molecule has 1 N–H and O–H groups in total. The van der Waals surface area contributed by atoms with Crippen molar-refractivity contribution in [2.75, 3.05) is 11.9 Å². The number of rotatable bonds is 4. The number of hydrogen-bond acceptors (Lipinski definition) is 3. The first-order chi connectivity index (χ1) is 12.3. The normalized spacial score (nSPS) is 18.8. The Hall–Kier alpha value is -2.70. The maximum Gasteiger partial charge on any atom is 0.422 e. The number of benzene rings is 2. The van der Waals surface area contributed by atoms with E-state index < -0.39 is 18.7 Å². The number of fused-ring (bicyclic) bond motifs is 1. The molecule has 0 spiro atoms. The minimum Gasteiger partial charge on any atom is -0.489 e. The van der Waals surface area contributed by atoms with Crippen molar-refractivity contribution in [3.05, 3.63) is 53.6 Å². The predicted octanol–water partition coefficient (Wildman–Crippen LogP) is 4.76. The van der Waals surface area contributed by atoms with Crippen LogP contribution in [-0.2, 0) is 0 Å². The number of amides is 1. The Balaban J connectivity index is 1.82. The largest absolute Gasteiger partial charge is 0.489 e. The van der Waals surface area contributed by atoms with Gasteiger partial charge in [-0.2, -0.15) is 13.2 Å². The smallest absolute Gasteiger partial charge is 0.422 e. The molecule has 0 fully saturated rings. The van der Waals surface area contributed by atoms with Gasteiger partial charge in [0.2, 0.25) is 0 Å². The molecule has 0 saturated carbocycles. The van der Waals surface area contributed by atoms with E-state index in [2.05, 4.69) is 5.32 Å². The van der Waals surface area contributed by atoms with Crippen molar-refractivity contribution in [1.29, 1.82) is 0 Å². The lowest BCUT2D eigenvalue weighted by molar-refractivity contribution is -0.153. The number of alkyl halides is 3. The van der Waals surface area contributed by atoms with Crippen LogP contribution in [0.25, 0.3) is 0 Å². The van der Waals surface area contributed by atoms with Gasteiger partial charge >= 0.3 is 6.18 Å². The minimum atomic E-state index is -4.46. The summed E-state index contributed by atoms with van der Waals surface area (Å²) in [6.07, 6.45) is -4.52. The zero-order chi connectivity index (χ0) is 18.9. The number of hydrogen-bond donors (Lipinski definition) is 1. The molecule has 0 unspecified atom stereocenters. The van der Waals surface area contributed by atoms with E-state index in [9.17, 15) is 18.0 Å². The highest BCUT2D eigenvalue weighted by Crippen LogP contribution is 2.40. The van der Waals surface area contributed by atoms with Crippen LogP contribution < -0.4 is 14.8 Å². The van der Waals surface area contributed by atoms with Crippen LogP contribution in [0.1, 0.15) is 35.7 Å². The molecule has 1 heterocycles. The molecule has 4 nitrogen and oxygen atoms in total. The number of ether oxygens (including phenoxy) is 2. The van der Waals surface area contributed by atoms with E-state index in [1.165, 1.54) is 18.2 Å². The van der Waals surface area contributed by atoms with Crippen molar-refractivity contribution in [1.82, 2.24) is 0 Å². The first kappa shape index (κ1) is 18.1. The monoisotopic (exact) mass is 365 g/mol. The van der Waals surface area contributed by atoms with Gasteiger partial charge in [-0.05, 0) is 25.1 Å². The van der Waals surface area contributed by atoms with Crippen LogP contribution >= 0.6 is 0 Å². The minimum absolute atomic E-state index is 0.0478. The molecule has 0 aliphatic carbocycles. The lowest BCUT2D eigenvalue weighted by Crippen LogP contribution is -2.20. The van der Waals surface area contributed by atoms with Crippen LogP contribution in [0.4, 0.5) is 18.9 Å². The summed E-state index contributed by atoms with van der Waals surface area (Å²) in [4.78, 5) is 12.7. The maximum atomic E-state index is 12.7. The van der Waals surface area contributed by atoms with Gasteiger partial charge < -0.3 is 14.8 Å². The molecular weight excluding hydrogens is 347 g/mol. The lowest BCUT2D eigenvalue weighted by atomic mass is 9.97. The fourth-order valence-corrected chi connectivity index (χ4v) is 2.81. The molecule has 1 amide bonds. The third-order valence-corrected chi connectivity index (χ3v) is 4.32. The molecule has 1 aliphatic rings. The average Bonchev–Trinajstić information content (AvgIpc) is 2.88. The summed E-state index contributed by atoms with van der Waals surface area (Å²) < 4.78 is 47.8. The summed E-state index contributed by atoms with van der Waals surface area (Å²) in [5, 5.41) is 2.61. The number of anilines is 1. The summed E-state index contributed by atoms with van der Waals surface area (Å²) in [5.41, 5.74) is 1.44. The molecule has 26 heavy (non-hydrogen) atoms. The Bertz CT molecular complexity index is 820. The summed E-state index contributed by atoms with van der Waals surface area (Å²) in [7, 11) is 0. The Morgan fingerprint density at radius 3 is 2.62 bits per heavy atom. The van der Waals surface area contributed by atoms with E-state index in [0.29, 0.717) is 11.3 Å². The first-order valence-corrected chi connectivity index (χ1v) is 8.16. The van der Waals surface area contributed by atoms with Gasteiger partial charge in [0.05, 0.1) is 11.3 Å². The van der Waals surface area contributed by atoms with E-state index in [-0.39, 0.29) is 23.5 Å². The summed E-state index contributed by atoms with van der Waals surface area (Å²) in [6, 6.07) is 11.3. The number of carbonyl (C=O) groups excluding carboxylic acids is 1. The van der Waals surface area contributed by atoms with Crippen LogP contribution in [-0.4, -0.2) is 24.8 Å². The molecule has 2 atom stereocenters. The van der Waals surface area contributed by atoms with E-state index >= 15 is 0 Å². The molecule has 7 heteroatoms. The van der Waals surface area contributed by atoms with Crippen molar-refractivity contribution < 1.29 is 27.4 Å². The highest BCUT2D eigenvalue weighted by molar-refractivity contribution is 6.07. The Morgan fingerprint density at radius 1 is 1.15 bits per heavy atom. The second-order valence-electron chi connectivity index (χ2n) is 6.19. The first-order valence-electron chi connectivity index (χ1n) is 8.16. The molecule has 0 radical (unpaired) electrons. The summed E-state index contributed by atoms with van der Waals surface area (Å²) >= 11 is 0. The van der Waals surface area contributed by atoms with Gasteiger partial charge in [0.15, 0.2) is 6.61 Å². The van der Waals surface area contributed by atoms with Crippen molar-refractivity contribution >= 4 is 11.6 Å². The van der Waals surface area contributed by atoms with Crippen molar-refractivity contribution in [2.24, 2.45) is 0 Å². The van der Waals surface area contributed by atoms with Crippen LogP contribution in [0.3, 0.4) is 0 Å². The molecule has 3 rings (SSSR count). The molecule has 0 aromatic heterocycles. The van der Waals surface area contributed by atoms with Gasteiger partial charge in [-0.3, -0.25) is 4.79 Å². The van der Waals surface area contributed by atoms with Gasteiger partial charge in [0.1, 0.15) is 17.6 Å². The quantitative estimate of drug-likeness (QED) is 0.849. The van der Waals surface area contributed by atoms with Gasteiger partial charge in [-0.25, -0.2) is 0 Å². The van der Waals surface area contributed by atoms with Crippen LogP contribution in [0, 0.1) is 0 Å². The van der Waals surface area contributed by atoms with E-state index in [0.717, 1.165) is 5.56 Å². The average molecular weight is 365 g/mol. The van der Waals surface area contributed by atoms with Gasteiger partial charge in [-0.1, -0.05) is 31.2 Å². The van der Waals surface area contributed by atoms with Crippen molar-refractivity contribution in [3.8, 4) is 11.5 Å². The molecule has 1 aliphatic heterocycles. The van der Waals surface area contributed by atoms with Gasteiger partial charge in [0, 0.05) is 11.5 Å². The summed E-state index contributed by atoms with van der Waals surface area (Å²) in [5.74, 6) is 0.151. The standard InChI is InChI=1S/C19H18F3NO3/c1-11-12(2)26-17-13(11)6-5-7-14(17)18(24)23-15-8-3-4-9-16(15)25-10-19(20,21)22/h3-9,11-12H,10H2,1-2H3,(H,23,24)/t11-,12-/m1/s1. The number of carbonyl (C=O) groups is 1. The topological polar surface area (TPSA) is 47.6 Å². The fraction of sp³-hybridized carbons (Fsp3) is 0.316. The third kappa shape index (κ3) is 3.76. The second-order valence-corrected chi connectivity index (χ2v) is 6.19. The van der Waals surface area contributed by atoms with E-state index in [4.69, 9.17) is 9.47 Å². The zero-order valence-corrected chi connectivity index (χ0v) is 14.3. The molecule has 2 aromatic carbocycles. The zero-order valence-electron chi connectivity index (χ0n) is 14.3. The van der Waals surface area contributed by atoms with Gasteiger partial charge in [0.25, 0.3) is 5.91 Å². The highest BCUT2D eigenvalue weighted by Gasteiger charge is 2.31. The predicted molar refractivity (Wildman–Crippen MR) is 90.9 cm³/mol. The Kier molecular flexibility index (Phi) is 4.80. The van der Waals surface area contributed by atoms with Crippen molar-refractivity contribution in [3.63, 3.8) is 0 Å². The molecular formula is C19H18F3NO3. The van der Waals surface area contributed by atoms with E-state index in [1.54, 1.807) is 18.2 Å². The van der Waals surface area contributed by atoms with Crippen LogP contribution in [0.5, 0.6) is 11.5 Å². The third-order valence-electron chi connectivity index (χ3n) is 4.32. The van der Waals surface area contributed by atoms with Gasteiger partial charge in [-0.15, -0.1) is 0 Å². The van der Waals surface area contributed by atoms with Crippen LogP contribution in [0.15, 0.2) is 42.5 Å². The molecule has 0 bridgehead atoms. The maximum absolute atomic E-state index is 12.7. The molecule has 138 valence electrons. The summed E-state index contributed by atoms with van der Waals surface area (Å²) in [6.45, 7) is 2.50. The Labute approximate surface area is 148 Å². The highest BCUT2D eigenvalue weighted by atomic mass is 19.4. The van der Waals surface area contributed by atoms with Crippen LogP contribution in [0.2, 0.25) is 0 Å². The lowest BCUT2D eigenvalue weighted by Gasteiger charge is -2.14. The number of nitrogens with one attached hydrogen (secondary N) is 1. The molecule has 2 aromatic rings. The Morgan fingerprint density at radius 2 is 1.88 bits per heavy atom. The second kappa shape index (κ2) is 6.90. The van der Waals surface area contributed by atoms with E-state index in [1.807, 2.05) is 19.9 Å². The SMILES string of the molecule is C[C@H]1Oc2c(C(=O)Nc3ccccc3OCC(F)(F)F)cccc2[C@@H]1C. The fourth-order valence-electron chi connectivity index (χ4n) is 2.81. The van der Waals surface area contributed by atoms with Crippen molar-refractivity contribution in [2.45, 2.75) is 32.0 Å².